The van der Waals surface area contributed by atoms with Gasteiger partial charge >= 0.3 is 0 Å². The zero-order valence-electron chi connectivity index (χ0n) is 13.1. The van der Waals surface area contributed by atoms with Gasteiger partial charge in [0.05, 0.1) is 0 Å². The second kappa shape index (κ2) is 6.40. The third kappa shape index (κ3) is 3.60. The van der Waals surface area contributed by atoms with Gasteiger partial charge in [0.2, 0.25) is 5.91 Å². The minimum Gasteiger partial charge on any atom is -0.341 e. The third-order valence-corrected chi connectivity index (χ3v) is 4.09. The van der Waals surface area contributed by atoms with Gasteiger partial charge in [-0.1, -0.05) is 23.8 Å². The Bertz CT molecular complexity index is 484. The smallest absolute Gasteiger partial charge is 0.222 e. The Balaban J connectivity index is 1.93. The Morgan fingerprint density at radius 3 is 2.65 bits per heavy atom. The molecule has 1 aromatic rings. The van der Waals surface area contributed by atoms with Crippen molar-refractivity contribution in [3.8, 4) is 0 Å². The summed E-state index contributed by atoms with van der Waals surface area (Å²) in [5.41, 5.74) is 3.97. The summed E-state index contributed by atoms with van der Waals surface area (Å²) in [6, 6.07) is 7.21. The lowest BCUT2D eigenvalue weighted by Gasteiger charge is -2.26. The van der Waals surface area contributed by atoms with Gasteiger partial charge in [0, 0.05) is 31.6 Å². The van der Waals surface area contributed by atoms with Crippen LogP contribution in [0.3, 0.4) is 0 Å². The van der Waals surface area contributed by atoms with E-state index in [1.807, 2.05) is 4.90 Å². The van der Waals surface area contributed by atoms with Gasteiger partial charge in [-0.15, -0.1) is 0 Å². The number of nitrogens with one attached hydrogen (secondary N) is 1. The van der Waals surface area contributed by atoms with E-state index >= 15 is 0 Å². The van der Waals surface area contributed by atoms with E-state index in [-0.39, 0.29) is 0 Å². The molecule has 0 saturated carbocycles. The number of nitrogens with zero attached hydrogens (tertiary/aromatic N) is 1. The predicted octanol–water partition coefficient (Wildman–Crippen LogP) is 2.96. The first kappa shape index (κ1) is 15.0. The molecule has 0 bridgehead atoms. The number of likely N-dealkylation sites (tertiary alicyclic amines) is 1. The van der Waals surface area contributed by atoms with E-state index in [1.165, 1.54) is 16.7 Å². The van der Waals surface area contributed by atoms with Crippen molar-refractivity contribution in [2.24, 2.45) is 0 Å². The van der Waals surface area contributed by atoms with E-state index in [0.717, 1.165) is 25.9 Å². The predicted molar refractivity (Wildman–Crippen MR) is 82.7 cm³/mol. The number of amides is 1. The molecule has 1 heterocycles. The number of aryl methyl sites for hydroxylation is 2. The van der Waals surface area contributed by atoms with Crippen LogP contribution in [-0.2, 0) is 4.79 Å². The first-order valence-electron chi connectivity index (χ1n) is 7.58. The van der Waals surface area contributed by atoms with Crippen molar-refractivity contribution in [2.45, 2.75) is 52.6 Å². The molecule has 0 aromatic heterocycles. The molecular weight excluding hydrogens is 248 g/mol. The fourth-order valence-corrected chi connectivity index (χ4v) is 3.11. The molecule has 1 N–H and O–H groups in total. The van der Waals surface area contributed by atoms with Gasteiger partial charge in [-0.05, 0) is 45.2 Å². The highest BCUT2D eigenvalue weighted by Crippen LogP contribution is 2.19. The molecule has 0 aliphatic carbocycles. The molecule has 20 heavy (non-hydrogen) atoms. The van der Waals surface area contributed by atoms with Crippen molar-refractivity contribution in [1.29, 1.82) is 0 Å². The zero-order valence-corrected chi connectivity index (χ0v) is 13.1. The number of hydrogen-bond acceptors (Lipinski definition) is 2. The summed E-state index contributed by atoms with van der Waals surface area (Å²) >= 11 is 0. The van der Waals surface area contributed by atoms with Gasteiger partial charge in [0.25, 0.3) is 0 Å². The molecule has 110 valence electrons. The van der Waals surface area contributed by atoms with Gasteiger partial charge in [-0.2, -0.15) is 0 Å². The van der Waals surface area contributed by atoms with Crippen LogP contribution in [-0.4, -0.2) is 29.9 Å². The summed E-state index contributed by atoms with van der Waals surface area (Å²) in [5, 5.41) is 3.61. The van der Waals surface area contributed by atoms with E-state index in [2.05, 4.69) is 51.2 Å². The van der Waals surface area contributed by atoms with Crippen LogP contribution >= 0.6 is 0 Å². The van der Waals surface area contributed by atoms with Gasteiger partial charge in [-0.3, -0.25) is 4.79 Å². The Morgan fingerprint density at radius 1 is 1.30 bits per heavy atom. The van der Waals surface area contributed by atoms with Crippen molar-refractivity contribution in [2.75, 3.05) is 13.1 Å². The van der Waals surface area contributed by atoms with Crippen molar-refractivity contribution < 1.29 is 4.79 Å². The highest BCUT2D eigenvalue weighted by Gasteiger charge is 2.22. The second-order valence-electron chi connectivity index (χ2n) is 6.09. The molecule has 2 rings (SSSR count). The van der Waals surface area contributed by atoms with E-state index in [9.17, 15) is 4.79 Å². The average Bonchev–Trinajstić information content (AvgIpc) is 2.74. The molecule has 0 spiro atoms. The number of carbonyl (C=O) groups is 1. The number of benzene rings is 1. The summed E-state index contributed by atoms with van der Waals surface area (Å²) in [7, 11) is 0. The van der Waals surface area contributed by atoms with Crippen molar-refractivity contribution >= 4 is 5.91 Å². The molecule has 1 aliphatic heterocycles. The van der Waals surface area contributed by atoms with E-state index in [4.69, 9.17) is 0 Å². The zero-order chi connectivity index (χ0) is 14.7. The van der Waals surface area contributed by atoms with Gasteiger partial charge in [0.15, 0.2) is 0 Å². The first-order valence-corrected chi connectivity index (χ1v) is 7.58. The standard InChI is InChI=1S/C17H26N2O/c1-12-7-8-16(13(2)10-12)15(4)18-14(3)11-19-9-5-6-17(19)20/h7-8,10,14-15,18H,5-6,9,11H2,1-4H3. The van der Waals surface area contributed by atoms with Crippen molar-refractivity contribution in [3.05, 3.63) is 34.9 Å². The molecule has 2 atom stereocenters. The topological polar surface area (TPSA) is 32.3 Å². The number of hydrogen-bond donors (Lipinski definition) is 1. The molecular formula is C17H26N2O. The summed E-state index contributed by atoms with van der Waals surface area (Å²) in [6.07, 6.45) is 1.73. The van der Waals surface area contributed by atoms with E-state index in [0.29, 0.717) is 18.0 Å². The summed E-state index contributed by atoms with van der Waals surface area (Å²) in [4.78, 5) is 13.6. The van der Waals surface area contributed by atoms with Crippen LogP contribution in [0.1, 0.15) is 49.4 Å². The van der Waals surface area contributed by atoms with Gasteiger partial charge < -0.3 is 10.2 Å². The quantitative estimate of drug-likeness (QED) is 0.895. The Hall–Kier alpha value is -1.35. The highest BCUT2D eigenvalue weighted by molar-refractivity contribution is 5.78. The minimum absolute atomic E-state index is 0.304. The fourth-order valence-electron chi connectivity index (χ4n) is 3.11. The molecule has 3 heteroatoms. The van der Waals surface area contributed by atoms with Crippen LogP contribution < -0.4 is 5.32 Å². The Labute approximate surface area is 122 Å². The number of carbonyl (C=O) groups excluding carboxylic acids is 1. The minimum atomic E-state index is 0.304. The summed E-state index contributed by atoms with van der Waals surface area (Å²) in [6.45, 7) is 10.4. The Kier molecular flexibility index (Phi) is 4.81. The first-order chi connectivity index (χ1) is 9.47. The molecule has 2 unspecified atom stereocenters. The normalized spacial score (nSPS) is 18.4. The van der Waals surface area contributed by atoms with Crippen LogP contribution in [0, 0.1) is 13.8 Å². The van der Waals surface area contributed by atoms with Crippen LogP contribution in [0.15, 0.2) is 18.2 Å². The maximum absolute atomic E-state index is 11.7. The van der Waals surface area contributed by atoms with Crippen LogP contribution in [0.4, 0.5) is 0 Å². The monoisotopic (exact) mass is 274 g/mol. The third-order valence-electron chi connectivity index (χ3n) is 4.09. The van der Waals surface area contributed by atoms with Gasteiger partial charge in [0.1, 0.15) is 0 Å². The summed E-state index contributed by atoms with van der Waals surface area (Å²) in [5.74, 6) is 0.304. The maximum atomic E-state index is 11.7. The highest BCUT2D eigenvalue weighted by atomic mass is 16.2. The average molecular weight is 274 g/mol. The van der Waals surface area contributed by atoms with Crippen LogP contribution in [0.5, 0.6) is 0 Å². The van der Waals surface area contributed by atoms with Crippen molar-refractivity contribution in [3.63, 3.8) is 0 Å². The molecule has 1 saturated heterocycles. The number of rotatable bonds is 5. The second-order valence-corrected chi connectivity index (χ2v) is 6.09. The molecule has 1 aromatic carbocycles. The molecule has 1 amide bonds. The fraction of sp³-hybridized carbons (Fsp3) is 0.588. The molecule has 3 nitrogen and oxygen atoms in total. The van der Waals surface area contributed by atoms with Crippen LogP contribution in [0.2, 0.25) is 0 Å². The molecule has 0 radical (unpaired) electrons. The van der Waals surface area contributed by atoms with E-state index in [1.54, 1.807) is 0 Å². The van der Waals surface area contributed by atoms with Gasteiger partial charge in [-0.25, -0.2) is 0 Å². The Morgan fingerprint density at radius 2 is 2.05 bits per heavy atom. The van der Waals surface area contributed by atoms with Crippen molar-refractivity contribution in [1.82, 2.24) is 10.2 Å². The molecule has 1 aliphatic rings. The molecule has 1 fully saturated rings. The lowest BCUT2D eigenvalue weighted by Crippen LogP contribution is -2.40. The lowest BCUT2D eigenvalue weighted by atomic mass is 10.00. The lowest BCUT2D eigenvalue weighted by molar-refractivity contribution is -0.127. The van der Waals surface area contributed by atoms with E-state index < -0.39 is 0 Å². The SMILES string of the molecule is Cc1ccc(C(C)NC(C)CN2CCCC2=O)c(C)c1. The largest absolute Gasteiger partial charge is 0.341 e. The maximum Gasteiger partial charge on any atom is 0.222 e. The summed E-state index contributed by atoms with van der Waals surface area (Å²) < 4.78 is 0. The van der Waals surface area contributed by atoms with Crippen LogP contribution in [0.25, 0.3) is 0 Å².